The van der Waals surface area contributed by atoms with Crippen molar-refractivity contribution in [2.45, 2.75) is 11.0 Å². The number of hydrogen-bond acceptors (Lipinski definition) is 2. The second-order valence-corrected chi connectivity index (χ2v) is 6.88. The van der Waals surface area contributed by atoms with E-state index in [1.165, 1.54) is 4.90 Å². The molecule has 0 saturated heterocycles. The zero-order valence-corrected chi connectivity index (χ0v) is 14.8. The average Bonchev–Trinajstić information content (AvgIpc) is 3.07. The zero-order chi connectivity index (χ0) is 17.2. The molecule has 0 radical (unpaired) electrons. The number of H-pyrrole nitrogens is 1. The minimum absolute atomic E-state index is 0.696. The average molecular weight is 345 g/mol. The number of aliphatic hydroxyl groups is 1. The van der Waals surface area contributed by atoms with Gasteiger partial charge in [-0.15, -0.1) is 11.8 Å². The van der Waals surface area contributed by atoms with Gasteiger partial charge in [-0.1, -0.05) is 60.7 Å². The number of nitrogens with one attached hydrogen (secondary N) is 1. The minimum Gasteiger partial charge on any atom is -0.382 e. The van der Waals surface area contributed by atoms with Gasteiger partial charge in [0.25, 0.3) is 0 Å². The SMILES string of the molecule is CSc1ccc(C(O)c2[nH]c3ccccc3c2-c2ccccc2)cc1. The predicted octanol–water partition coefficient (Wildman–Crippen LogP) is 5.64. The van der Waals surface area contributed by atoms with Gasteiger partial charge in [0.15, 0.2) is 0 Å². The summed E-state index contributed by atoms with van der Waals surface area (Å²) in [5, 5.41) is 12.2. The molecule has 1 unspecified atom stereocenters. The molecule has 2 N–H and O–H groups in total. The van der Waals surface area contributed by atoms with Crippen molar-refractivity contribution in [3.8, 4) is 11.1 Å². The monoisotopic (exact) mass is 345 g/mol. The molecule has 0 aliphatic carbocycles. The summed E-state index contributed by atoms with van der Waals surface area (Å²) in [6.45, 7) is 0. The van der Waals surface area contributed by atoms with E-state index in [4.69, 9.17) is 0 Å². The van der Waals surface area contributed by atoms with Crippen molar-refractivity contribution in [1.82, 2.24) is 4.98 Å². The Labute approximate surface area is 151 Å². The van der Waals surface area contributed by atoms with Crippen LogP contribution in [0.4, 0.5) is 0 Å². The van der Waals surface area contributed by atoms with Crippen molar-refractivity contribution in [3.05, 3.63) is 90.1 Å². The summed E-state index contributed by atoms with van der Waals surface area (Å²) in [6.07, 6.45) is 1.36. The second kappa shape index (κ2) is 6.79. The van der Waals surface area contributed by atoms with Gasteiger partial charge in [-0.3, -0.25) is 0 Å². The molecule has 0 aliphatic rings. The van der Waals surface area contributed by atoms with Gasteiger partial charge in [0.2, 0.25) is 0 Å². The standard InChI is InChI=1S/C22H19NOS/c1-25-17-13-11-16(12-14-17)22(24)21-20(15-7-3-2-4-8-15)18-9-5-6-10-19(18)23-21/h2-14,22-24H,1H3. The summed E-state index contributed by atoms with van der Waals surface area (Å²) in [5.74, 6) is 0. The fraction of sp³-hybridized carbons (Fsp3) is 0.0909. The Morgan fingerprint density at radius 3 is 2.24 bits per heavy atom. The molecule has 0 amide bonds. The van der Waals surface area contributed by atoms with Crippen molar-refractivity contribution < 1.29 is 5.11 Å². The number of aromatic amines is 1. The third kappa shape index (κ3) is 2.97. The number of aliphatic hydroxyl groups excluding tert-OH is 1. The Balaban J connectivity index is 1.88. The smallest absolute Gasteiger partial charge is 0.119 e. The van der Waals surface area contributed by atoms with Crippen LogP contribution in [0, 0.1) is 0 Å². The minimum atomic E-state index is -0.696. The summed E-state index contributed by atoms with van der Waals surface area (Å²) in [7, 11) is 0. The van der Waals surface area contributed by atoms with Crippen LogP contribution in [0.3, 0.4) is 0 Å². The lowest BCUT2D eigenvalue weighted by atomic mass is 9.97. The molecular formula is C22H19NOS. The Bertz CT molecular complexity index is 990. The van der Waals surface area contributed by atoms with Crippen LogP contribution in [0.5, 0.6) is 0 Å². The molecule has 3 aromatic carbocycles. The first-order chi connectivity index (χ1) is 12.3. The van der Waals surface area contributed by atoms with Crippen LogP contribution < -0.4 is 0 Å². The number of para-hydroxylation sites is 1. The lowest BCUT2D eigenvalue weighted by molar-refractivity contribution is 0.217. The molecule has 4 rings (SSSR count). The van der Waals surface area contributed by atoms with Crippen molar-refractivity contribution in [1.29, 1.82) is 0 Å². The maximum Gasteiger partial charge on any atom is 0.119 e. The van der Waals surface area contributed by atoms with Gasteiger partial charge in [-0.25, -0.2) is 0 Å². The van der Waals surface area contributed by atoms with E-state index in [1.807, 2.05) is 54.6 Å². The van der Waals surface area contributed by atoms with Crippen molar-refractivity contribution in [2.75, 3.05) is 6.26 Å². The Hall–Kier alpha value is -2.49. The van der Waals surface area contributed by atoms with E-state index >= 15 is 0 Å². The largest absolute Gasteiger partial charge is 0.382 e. The normalized spacial score (nSPS) is 12.4. The molecule has 1 atom stereocenters. The quantitative estimate of drug-likeness (QED) is 0.470. The van der Waals surface area contributed by atoms with Gasteiger partial charge in [-0.2, -0.15) is 0 Å². The highest BCUT2D eigenvalue weighted by Crippen LogP contribution is 2.37. The number of rotatable bonds is 4. The Kier molecular flexibility index (Phi) is 4.35. The third-order valence-corrected chi connectivity index (χ3v) is 5.25. The van der Waals surface area contributed by atoms with E-state index in [0.717, 1.165) is 33.3 Å². The van der Waals surface area contributed by atoms with Crippen LogP contribution in [0.15, 0.2) is 83.8 Å². The van der Waals surface area contributed by atoms with E-state index < -0.39 is 6.10 Å². The van der Waals surface area contributed by atoms with Gasteiger partial charge in [0, 0.05) is 21.4 Å². The molecule has 0 fully saturated rings. The van der Waals surface area contributed by atoms with Crippen LogP contribution in [0.25, 0.3) is 22.0 Å². The summed E-state index contributed by atoms with van der Waals surface area (Å²) in [4.78, 5) is 4.62. The first-order valence-corrected chi connectivity index (χ1v) is 9.48. The summed E-state index contributed by atoms with van der Waals surface area (Å²) in [6, 6.07) is 26.5. The highest BCUT2D eigenvalue weighted by Gasteiger charge is 2.20. The lowest BCUT2D eigenvalue weighted by Gasteiger charge is -2.13. The predicted molar refractivity (Wildman–Crippen MR) is 106 cm³/mol. The molecule has 2 nitrogen and oxygen atoms in total. The van der Waals surface area contributed by atoms with Gasteiger partial charge in [0.1, 0.15) is 6.10 Å². The highest BCUT2D eigenvalue weighted by atomic mass is 32.2. The molecule has 0 saturated carbocycles. The van der Waals surface area contributed by atoms with Crippen molar-refractivity contribution >= 4 is 22.7 Å². The number of thioether (sulfide) groups is 1. The van der Waals surface area contributed by atoms with E-state index in [0.29, 0.717) is 0 Å². The van der Waals surface area contributed by atoms with Crippen LogP contribution >= 0.6 is 11.8 Å². The molecule has 25 heavy (non-hydrogen) atoms. The lowest BCUT2D eigenvalue weighted by Crippen LogP contribution is -2.01. The van der Waals surface area contributed by atoms with E-state index in [-0.39, 0.29) is 0 Å². The molecule has 1 aromatic heterocycles. The van der Waals surface area contributed by atoms with Crippen LogP contribution in [0.1, 0.15) is 17.4 Å². The molecule has 124 valence electrons. The summed E-state index contributed by atoms with van der Waals surface area (Å²) in [5.41, 5.74) is 4.94. The molecule has 3 heteroatoms. The Morgan fingerprint density at radius 2 is 1.52 bits per heavy atom. The maximum absolute atomic E-state index is 11.1. The number of aromatic nitrogens is 1. The van der Waals surface area contributed by atoms with Crippen molar-refractivity contribution in [3.63, 3.8) is 0 Å². The number of hydrogen-bond donors (Lipinski definition) is 2. The zero-order valence-electron chi connectivity index (χ0n) is 13.9. The summed E-state index contributed by atoms with van der Waals surface area (Å²) >= 11 is 1.70. The van der Waals surface area contributed by atoms with E-state index in [9.17, 15) is 5.11 Å². The van der Waals surface area contributed by atoms with Crippen LogP contribution in [0.2, 0.25) is 0 Å². The Morgan fingerprint density at radius 1 is 0.840 bits per heavy atom. The molecule has 0 spiro atoms. The first kappa shape index (κ1) is 16.0. The van der Waals surface area contributed by atoms with Crippen LogP contribution in [-0.4, -0.2) is 16.3 Å². The van der Waals surface area contributed by atoms with E-state index in [2.05, 4.69) is 35.5 Å². The molecule has 1 heterocycles. The van der Waals surface area contributed by atoms with E-state index in [1.54, 1.807) is 11.8 Å². The van der Waals surface area contributed by atoms with Gasteiger partial charge in [0.05, 0.1) is 5.69 Å². The molecule has 0 aliphatic heterocycles. The van der Waals surface area contributed by atoms with Gasteiger partial charge in [-0.05, 0) is 35.6 Å². The molecule has 0 bridgehead atoms. The van der Waals surface area contributed by atoms with Crippen molar-refractivity contribution in [2.24, 2.45) is 0 Å². The first-order valence-electron chi connectivity index (χ1n) is 8.26. The number of fused-ring (bicyclic) bond motifs is 1. The fourth-order valence-electron chi connectivity index (χ4n) is 3.24. The maximum atomic E-state index is 11.1. The highest BCUT2D eigenvalue weighted by molar-refractivity contribution is 7.98. The topological polar surface area (TPSA) is 36.0 Å². The van der Waals surface area contributed by atoms with Gasteiger partial charge >= 0.3 is 0 Å². The third-order valence-electron chi connectivity index (χ3n) is 4.50. The second-order valence-electron chi connectivity index (χ2n) is 6.00. The molecule has 4 aromatic rings. The number of benzene rings is 3. The fourth-order valence-corrected chi connectivity index (χ4v) is 3.64. The van der Waals surface area contributed by atoms with Gasteiger partial charge < -0.3 is 10.1 Å². The van der Waals surface area contributed by atoms with Crippen LogP contribution in [-0.2, 0) is 0 Å². The summed E-state index contributed by atoms with van der Waals surface area (Å²) < 4.78 is 0. The molecular weight excluding hydrogens is 326 g/mol.